The monoisotopic (exact) mass is 368 g/mol. The van der Waals surface area contributed by atoms with Crippen LogP contribution in [0.25, 0.3) is 10.9 Å². The Balaban J connectivity index is 1.60. The number of rotatable bonds is 3. The van der Waals surface area contributed by atoms with Crippen LogP contribution in [-0.2, 0) is 19.4 Å². The van der Waals surface area contributed by atoms with E-state index in [1.54, 1.807) is 12.1 Å². The quantitative estimate of drug-likeness (QED) is 0.603. The third-order valence-electron chi connectivity index (χ3n) is 6.29. The molecule has 0 spiro atoms. The molecule has 2 aliphatic heterocycles. The Labute approximate surface area is 158 Å². The lowest BCUT2D eigenvalue weighted by Gasteiger charge is -2.32. The van der Waals surface area contributed by atoms with Gasteiger partial charge in [0.05, 0.1) is 0 Å². The van der Waals surface area contributed by atoms with Gasteiger partial charge in [-0.25, -0.2) is 4.39 Å². The van der Waals surface area contributed by atoms with E-state index in [2.05, 4.69) is 28.6 Å². The summed E-state index contributed by atoms with van der Waals surface area (Å²) in [6.07, 6.45) is 4.42. The van der Waals surface area contributed by atoms with Crippen LogP contribution < -0.4 is 0 Å². The lowest BCUT2D eigenvalue weighted by molar-refractivity contribution is 0.222. The van der Waals surface area contributed by atoms with Crippen LogP contribution in [0.2, 0.25) is 5.02 Å². The topological polar surface area (TPSA) is 8.17 Å². The number of aromatic nitrogens is 1. The van der Waals surface area contributed by atoms with E-state index in [0.717, 1.165) is 30.0 Å². The van der Waals surface area contributed by atoms with E-state index in [1.165, 1.54) is 41.1 Å². The summed E-state index contributed by atoms with van der Waals surface area (Å²) in [5.74, 6) is -0.159. The van der Waals surface area contributed by atoms with Gasteiger partial charge in [-0.3, -0.25) is 4.90 Å². The number of nitrogens with zero attached hydrogens (tertiary/aromatic N) is 2. The molecular weight excluding hydrogens is 347 g/mol. The second-order valence-corrected chi connectivity index (χ2v) is 8.11. The van der Waals surface area contributed by atoms with E-state index < -0.39 is 0 Å². The molecule has 5 rings (SSSR count). The Hall–Kier alpha value is -1.84. The predicted octanol–water partition coefficient (Wildman–Crippen LogP) is 5.37. The van der Waals surface area contributed by atoms with E-state index in [0.29, 0.717) is 12.1 Å². The molecule has 3 aromatic rings. The van der Waals surface area contributed by atoms with Crippen molar-refractivity contribution < 1.29 is 4.39 Å². The fraction of sp³-hybridized carbons (Fsp3) is 0.364. The fourth-order valence-corrected chi connectivity index (χ4v) is 5.19. The first-order valence-corrected chi connectivity index (χ1v) is 9.76. The molecule has 0 N–H and O–H groups in total. The summed E-state index contributed by atoms with van der Waals surface area (Å²) in [5, 5.41) is 2.09. The Morgan fingerprint density at radius 1 is 1.15 bits per heavy atom. The van der Waals surface area contributed by atoms with Crippen molar-refractivity contribution in [2.45, 2.75) is 44.3 Å². The summed E-state index contributed by atoms with van der Waals surface area (Å²) < 4.78 is 16.0. The van der Waals surface area contributed by atoms with E-state index in [9.17, 15) is 4.39 Å². The highest BCUT2D eigenvalue weighted by molar-refractivity contribution is 6.31. The number of fused-ring (bicyclic) bond motifs is 6. The number of aryl methyl sites for hydroxylation is 2. The third-order valence-corrected chi connectivity index (χ3v) is 6.53. The van der Waals surface area contributed by atoms with Gasteiger partial charge in [0, 0.05) is 46.7 Å². The summed E-state index contributed by atoms with van der Waals surface area (Å²) in [7, 11) is 2.26. The van der Waals surface area contributed by atoms with E-state index in [1.807, 2.05) is 12.1 Å². The van der Waals surface area contributed by atoms with Gasteiger partial charge in [-0.05, 0) is 67.8 Å². The molecule has 0 amide bonds. The number of hydrogen-bond donors (Lipinski definition) is 0. The Morgan fingerprint density at radius 3 is 2.88 bits per heavy atom. The lowest BCUT2D eigenvalue weighted by atomic mass is 9.97. The van der Waals surface area contributed by atoms with Crippen molar-refractivity contribution in [2.75, 3.05) is 7.05 Å². The van der Waals surface area contributed by atoms with E-state index in [-0.39, 0.29) is 5.82 Å². The molecule has 2 aromatic carbocycles. The van der Waals surface area contributed by atoms with Gasteiger partial charge in [-0.15, -0.1) is 0 Å². The zero-order valence-corrected chi connectivity index (χ0v) is 15.6. The molecule has 1 aromatic heterocycles. The van der Waals surface area contributed by atoms with Gasteiger partial charge in [0.15, 0.2) is 0 Å². The van der Waals surface area contributed by atoms with Crippen molar-refractivity contribution in [1.29, 1.82) is 0 Å². The summed E-state index contributed by atoms with van der Waals surface area (Å²) in [4.78, 5) is 2.54. The molecule has 26 heavy (non-hydrogen) atoms. The van der Waals surface area contributed by atoms with Crippen molar-refractivity contribution in [1.82, 2.24) is 9.47 Å². The van der Waals surface area contributed by atoms with E-state index >= 15 is 0 Å². The van der Waals surface area contributed by atoms with Crippen LogP contribution in [0.15, 0.2) is 42.5 Å². The molecule has 0 aliphatic carbocycles. The SMILES string of the molecule is CN1C2CCC1c1c(n(CCc3cccc(F)c3)c3ccc(Cl)cc13)C2. The largest absolute Gasteiger partial charge is 0.344 e. The minimum Gasteiger partial charge on any atom is -0.344 e. The first kappa shape index (κ1) is 16.3. The first-order chi connectivity index (χ1) is 12.6. The average Bonchev–Trinajstić information content (AvgIpc) is 3.03. The van der Waals surface area contributed by atoms with Crippen LogP contribution in [0, 0.1) is 5.82 Å². The molecule has 0 radical (unpaired) electrons. The highest BCUT2D eigenvalue weighted by atomic mass is 35.5. The van der Waals surface area contributed by atoms with Crippen molar-refractivity contribution in [3.05, 3.63) is 70.1 Å². The molecule has 134 valence electrons. The maximum atomic E-state index is 13.5. The maximum absolute atomic E-state index is 13.5. The van der Waals surface area contributed by atoms with Crippen molar-refractivity contribution >= 4 is 22.5 Å². The van der Waals surface area contributed by atoms with Gasteiger partial charge in [0.1, 0.15) is 5.82 Å². The van der Waals surface area contributed by atoms with Gasteiger partial charge in [0.25, 0.3) is 0 Å². The van der Waals surface area contributed by atoms with Crippen molar-refractivity contribution in [2.24, 2.45) is 0 Å². The molecule has 0 saturated carbocycles. The average molecular weight is 369 g/mol. The highest BCUT2D eigenvalue weighted by Crippen LogP contribution is 2.47. The standard InChI is InChI=1S/C22H22ClFN2/c1-25-17-6-8-20(25)22-18-12-15(23)5-7-19(18)26(21(22)13-17)10-9-14-3-2-4-16(24)11-14/h2-5,7,11-12,17,20H,6,8-10,13H2,1H3. The Bertz CT molecular complexity index is 993. The minimum atomic E-state index is -0.159. The highest BCUT2D eigenvalue weighted by Gasteiger charge is 2.40. The third kappa shape index (κ3) is 2.49. The zero-order chi connectivity index (χ0) is 17.8. The summed E-state index contributed by atoms with van der Waals surface area (Å²) >= 11 is 6.33. The molecule has 2 atom stereocenters. The van der Waals surface area contributed by atoms with Crippen LogP contribution in [0.4, 0.5) is 4.39 Å². The van der Waals surface area contributed by atoms with Crippen LogP contribution in [0.3, 0.4) is 0 Å². The van der Waals surface area contributed by atoms with Crippen LogP contribution >= 0.6 is 11.6 Å². The summed E-state index contributed by atoms with van der Waals surface area (Å²) in [6, 6.07) is 14.4. The molecule has 2 nitrogen and oxygen atoms in total. The molecule has 1 fully saturated rings. The first-order valence-electron chi connectivity index (χ1n) is 9.38. The van der Waals surface area contributed by atoms with Gasteiger partial charge in [-0.1, -0.05) is 23.7 Å². The molecule has 3 heterocycles. The predicted molar refractivity (Wildman–Crippen MR) is 104 cm³/mol. The lowest BCUT2D eigenvalue weighted by Crippen LogP contribution is -2.34. The Kier molecular flexibility index (Phi) is 3.84. The summed E-state index contributed by atoms with van der Waals surface area (Å²) in [6.45, 7) is 0.875. The van der Waals surface area contributed by atoms with Crippen LogP contribution in [0.5, 0.6) is 0 Å². The second kappa shape index (κ2) is 6.11. The van der Waals surface area contributed by atoms with Gasteiger partial charge >= 0.3 is 0 Å². The minimum absolute atomic E-state index is 0.159. The van der Waals surface area contributed by atoms with Gasteiger partial charge in [0.2, 0.25) is 0 Å². The van der Waals surface area contributed by atoms with Crippen molar-refractivity contribution in [3.63, 3.8) is 0 Å². The fourth-order valence-electron chi connectivity index (χ4n) is 5.02. The zero-order valence-electron chi connectivity index (χ0n) is 14.9. The molecule has 1 saturated heterocycles. The number of benzene rings is 2. The molecular formula is C22H22ClFN2. The van der Waals surface area contributed by atoms with Gasteiger partial charge in [-0.2, -0.15) is 0 Å². The smallest absolute Gasteiger partial charge is 0.123 e. The molecule has 2 unspecified atom stereocenters. The molecule has 2 aliphatic rings. The number of halogens is 2. The van der Waals surface area contributed by atoms with E-state index in [4.69, 9.17) is 11.6 Å². The number of hydrogen-bond acceptors (Lipinski definition) is 1. The van der Waals surface area contributed by atoms with Crippen molar-refractivity contribution in [3.8, 4) is 0 Å². The summed E-state index contributed by atoms with van der Waals surface area (Å²) in [5.41, 5.74) is 5.24. The normalized spacial score (nSPS) is 22.1. The molecule has 2 bridgehead atoms. The second-order valence-electron chi connectivity index (χ2n) is 7.67. The van der Waals surface area contributed by atoms with Crippen LogP contribution in [0.1, 0.15) is 35.7 Å². The van der Waals surface area contributed by atoms with Gasteiger partial charge < -0.3 is 4.57 Å². The maximum Gasteiger partial charge on any atom is 0.123 e. The van der Waals surface area contributed by atoms with Crippen LogP contribution in [-0.4, -0.2) is 22.6 Å². The Morgan fingerprint density at radius 2 is 2.04 bits per heavy atom. The number of likely N-dealkylation sites (N-methyl/N-ethyl adjacent to an activating group) is 1. The molecule has 4 heteroatoms.